The maximum atomic E-state index is 13.7. The van der Waals surface area contributed by atoms with Gasteiger partial charge in [0.25, 0.3) is 0 Å². The van der Waals surface area contributed by atoms with Gasteiger partial charge in [-0.15, -0.1) is 0 Å². The zero-order valence-electron chi connectivity index (χ0n) is 15.1. The summed E-state index contributed by atoms with van der Waals surface area (Å²) in [6, 6.07) is 0.733. The van der Waals surface area contributed by atoms with Crippen LogP contribution in [-0.2, 0) is 39.8 Å². The highest BCUT2D eigenvalue weighted by Crippen LogP contribution is 2.42. The fraction of sp³-hybridized carbons (Fsp3) is 0.500. The number of nitrogens with zero attached hydrogens (tertiary/aromatic N) is 3. The number of pyridine rings is 1. The molecule has 1 fully saturated rings. The minimum absolute atomic E-state index is 0.0686. The molecule has 4 rings (SSSR count). The third kappa shape index (κ3) is 3.49. The highest BCUT2D eigenvalue weighted by Gasteiger charge is 2.39. The number of aromatic nitrogens is 3. The van der Waals surface area contributed by atoms with Crippen LogP contribution in [0.5, 0.6) is 0 Å². The van der Waals surface area contributed by atoms with E-state index in [0.29, 0.717) is 38.3 Å². The number of hydrogen-bond acceptors (Lipinski definition) is 6. The molecule has 150 valence electrons. The molecule has 1 aliphatic carbocycles. The van der Waals surface area contributed by atoms with Crippen LogP contribution in [0.25, 0.3) is 11.3 Å². The van der Waals surface area contributed by atoms with Crippen LogP contribution in [0.4, 0.5) is 13.2 Å². The van der Waals surface area contributed by atoms with Gasteiger partial charge in [-0.3, -0.25) is 4.68 Å². The van der Waals surface area contributed by atoms with Crippen LogP contribution in [0.3, 0.4) is 0 Å². The van der Waals surface area contributed by atoms with E-state index in [1.165, 1.54) is 0 Å². The maximum Gasteiger partial charge on any atom is 0.417 e. The van der Waals surface area contributed by atoms with Gasteiger partial charge in [0.2, 0.25) is 0 Å². The number of carbonyl (C=O) groups is 1. The van der Waals surface area contributed by atoms with E-state index in [9.17, 15) is 18.0 Å². The summed E-state index contributed by atoms with van der Waals surface area (Å²) < 4.78 is 58.3. The number of carbonyl (C=O) groups excluding carboxylic acids is 1. The Morgan fingerprint density at radius 1 is 1.36 bits per heavy atom. The zero-order valence-corrected chi connectivity index (χ0v) is 15.1. The van der Waals surface area contributed by atoms with Crippen LogP contribution in [0.15, 0.2) is 12.3 Å². The fourth-order valence-electron chi connectivity index (χ4n) is 3.53. The summed E-state index contributed by atoms with van der Waals surface area (Å²) in [4.78, 5) is 15.9. The summed E-state index contributed by atoms with van der Waals surface area (Å²) in [6.45, 7) is 1.81. The molecule has 28 heavy (non-hydrogen) atoms. The lowest BCUT2D eigenvalue weighted by Crippen LogP contribution is -2.32. The predicted molar refractivity (Wildman–Crippen MR) is 89.8 cm³/mol. The molecule has 1 aliphatic heterocycles. The summed E-state index contributed by atoms with van der Waals surface area (Å²) in [5.41, 5.74) is -0.201. The lowest BCUT2D eigenvalue weighted by atomic mass is 9.90. The van der Waals surface area contributed by atoms with Crippen molar-refractivity contribution in [2.24, 2.45) is 0 Å². The van der Waals surface area contributed by atoms with Crippen LogP contribution in [0.2, 0.25) is 0 Å². The monoisotopic (exact) mass is 397 g/mol. The van der Waals surface area contributed by atoms with Gasteiger partial charge in [0.05, 0.1) is 50.4 Å². The van der Waals surface area contributed by atoms with E-state index in [1.807, 2.05) is 0 Å². The molecule has 0 aromatic carbocycles. The molecule has 0 unspecified atom stereocenters. The molecular formula is C18H18F3N3O4. The lowest BCUT2D eigenvalue weighted by molar-refractivity contribution is -0.137. The first-order chi connectivity index (χ1) is 13.4. The Balaban J connectivity index is 1.76. The minimum Gasteiger partial charge on any atom is -0.464 e. The van der Waals surface area contributed by atoms with Gasteiger partial charge >= 0.3 is 12.1 Å². The molecule has 2 aliphatic rings. The lowest BCUT2D eigenvalue weighted by Gasteiger charge is -2.22. The first kappa shape index (κ1) is 18.9. The van der Waals surface area contributed by atoms with E-state index in [1.54, 1.807) is 10.9 Å². The normalized spacial score (nSPS) is 19.1. The molecule has 1 atom stereocenters. The van der Waals surface area contributed by atoms with Crippen LogP contribution in [0, 0.1) is 0 Å². The van der Waals surface area contributed by atoms with Gasteiger partial charge in [-0.2, -0.15) is 18.3 Å². The third-order valence-corrected chi connectivity index (χ3v) is 4.78. The molecular weight excluding hydrogens is 379 g/mol. The fourth-order valence-corrected chi connectivity index (χ4v) is 3.53. The predicted octanol–water partition coefficient (Wildman–Crippen LogP) is 2.26. The average Bonchev–Trinajstić information content (AvgIpc) is 3.09. The first-order valence-corrected chi connectivity index (χ1v) is 8.82. The van der Waals surface area contributed by atoms with Crippen molar-refractivity contribution in [3.63, 3.8) is 0 Å². The van der Waals surface area contributed by atoms with Gasteiger partial charge < -0.3 is 14.2 Å². The number of aryl methyl sites for hydroxylation is 2. The number of alkyl halides is 3. The molecule has 0 amide bonds. The van der Waals surface area contributed by atoms with Gasteiger partial charge in [0, 0.05) is 11.8 Å². The van der Waals surface area contributed by atoms with Crippen LogP contribution in [-0.4, -0.2) is 53.8 Å². The largest absolute Gasteiger partial charge is 0.464 e. The SMILES string of the molecule is COC(=O)c1cc(C(F)(F)F)c2c(n1)CCc1cn(C[C@H]3COCCO3)nc1-2. The van der Waals surface area contributed by atoms with Crippen LogP contribution in [0.1, 0.15) is 27.3 Å². The molecule has 0 bridgehead atoms. The minimum atomic E-state index is -4.66. The molecule has 0 spiro atoms. The Morgan fingerprint density at radius 2 is 2.18 bits per heavy atom. The quantitative estimate of drug-likeness (QED) is 0.740. The van der Waals surface area contributed by atoms with Crippen molar-refractivity contribution in [1.82, 2.24) is 14.8 Å². The summed E-state index contributed by atoms with van der Waals surface area (Å²) in [7, 11) is 1.10. The second kappa shape index (κ2) is 7.17. The van der Waals surface area contributed by atoms with Crippen molar-refractivity contribution in [2.75, 3.05) is 26.9 Å². The highest BCUT2D eigenvalue weighted by atomic mass is 19.4. The molecule has 3 heterocycles. The molecule has 0 saturated carbocycles. The number of hydrogen-bond donors (Lipinski definition) is 0. The summed E-state index contributed by atoms with van der Waals surface area (Å²) >= 11 is 0. The molecule has 10 heteroatoms. The van der Waals surface area contributed by atoms with Gasteiger partial charge in [0.1, 0.15) is 11.8 Å². The number of methoxy groups -OCH3 is 1. The Kier molecular flexibility index (Phi) is 4.84. The van der Waals surface area contributed by atoms with Crippen molar-refractivity contribution in [3.8, 4) is 11.3 Å². The van der Waals surface area contributed by atoms with Gasteiger partial charge in [-0.05, 0) is 24.5 Å². The average molecular weight is 397 g/mol. The number of esters is 1. The Bertz CT molecular complexity index is 904. The topological polar surface area (TPSA) is 75.5 Å². The summed E-state index contributed by atoms with van der Waals surface area (Å²) in [5, 5.41) is 4.38. The molecule has 7 nitrogen and oxygen atoms in total. The van der Waals surface area contributed by atoms with E-state index < -0.39 is 17.7 Å². The second-order valence-corrected chi connectivity index (χ2v) is 6.66. The maximum absolute atomic E-state index is 13.7. The second-order valence-electron chi connectivity index (χ2n) is 6.66. The van der Waals surface area contributed by atoms with Gasteiger partial charge in [-0.25, -0.2) is 9.78 Å². The third-order valence-electron chi connectivity index (χ3n) is 4.78. The van der Waals surface area contributed by atoms with Gasteiger partial charge in [0.15, 0.2) is 0 Å². The highest BCUT2D eigenvalue weighted by molar-refractivity contribution is 5.89. The van der Waals surface area contributed by atoms with Crippen LogP contribution < -0.4 is 0 Å². The molecule has 0 N–H and O–H groups in total. The molecule has 1 saturated heterocycles. The standard InChI is InChI=1S/C18H18F3N3O4/c1-26-17(25)14-6-12(18(19,20)21)15-13(22-14)3-2-10-7-24(23-16(10)15)8-11-9-27-4-5-28-11/h6-7,11H,2-5,8-9H2,1H3/t11-/m0/s1. The van der Waals surface area contributed by atoms with E-state index >= 15 is 0 Å². The van der Waals surface area contributed by atoms with Crippen molar-refractivity contribution in [3.05, 3.63) is 34.8 Å². The smallest absolute Gasteiger partial charge is 0.417 e. The van der Waals surface area contributed by atoms with Crippen LogP contribution >= 0.6 is 0 Å². The number of ether oxygens (including phenoxy) is 3. The van der Waals surface area contributed by atoms with Crippen molar-refractivity contribution in [2.45, 2.75) is 31.7 Å². The van der Waals surface area contributed by atoms with E-state index in [-0.39, 0.29) is 35.2 Å². The first-order valence-electron chi connectivity index (χ1n) is 8.82. The number of fused-ring (bicyclic) bond motifs is 3. The molecule has 2 aromatic rings. The summed E-state index contributed by atoms with van der Waals surface area (Å²) in [5.74, 6) is -0.904. The van der Waals surface area contributed by atoms with Crippen molar-refractivity contribution >= 4 is 5.97 Å². The Hall–Kier alpha value is -2.46. The van der Waals surface area contributed by atoms with Crippen molar-refractivity contribution < 1.29 is 32.2 Å². The number of rotatable bonds is 3. The molecule has 0 radical (unpaired) electrons. The van der Waals surface area contributed by atoms with Crippen molar-refractivity contribution in [1.29, 1.82) is 0 Å². The van der Waals surface area contributed by atoms with Gasteiger partial charge in [-0.1, -0.05) is 0 Å². The Labute approximate surface area is 158 Å². The van der Waals surface area contributed by atoms with E-state index in [4.69, 9.17) is 9.47 Å². The molecule has 2 aromatic heterocycles. The summed E-state index contributed by atoms with van der Waals surface area (Å²) in [6.07, 6.45) is -2.35. The number of halogens is 3. The van der Waals surface area contributed by atoms with E-state index in [0.717, 1.165) is 13.2 Å². The Morgan fingerprint density at radius 3 is 2.86 bits per heavy atom. The van der Waals surface area contributed by atoms with E-state index in [2.05, 4.69) is 14.8 Å². The zero-order chi connectivity index (χ0) is 19.9.